The van der Waals surface area contributed by atoms with E-state index in [1.165, 1.54) is 12.1 Å². The maximum atomic E-state index is 11.6. The van der Waals surface area contributed by atoms with Gasteiger partial charge in [-0.05, 0) is 18.2 Å². The lowest BCUT2D eigenvalue weighted by molar-refractivity contribution is -0.393. The predicted octanol–water partition coefficient (Wildman–Crippen LogP) is 2.39. The number of non-ortho nitro benzene ring substituents is 1. The molecule has 23 heavy (non-hydrogen) atoms. The van der Waals surface area contributed by atoms with E-state index in [1.807, 2.05) is 0 Å². The standard InChI is InChI=1S/C14H12N4O5/c15-8-14(19)9-2-1-3-10(6-9)16-12-5-4-11(17(20)21)7-13(12)18(22)23/h1-7,16H,8,15H2. The number of Topliss-reactive ketones (excluding diaryl/α,β-unsaturated/α-hetero) is 1. The summed E-state index contributed by atoms with van der Waals surface area (Å²) in [5.41, 5.74) is 5.35. The summed E-state index contributed by atoms with van der Waals surface area (Å²) >= 11 is 0. The third kappa shape index (κ3) is 3.66. The Morgan fingerprint density at radius 3 is 2.43 bits per heavy atom. The quantitative estimate of drug-likeness (QED) is 0.473. The number of hydrogen-bond donors (Lipinski definition) is 2. The first-order chi connectivity index (χ1) is 10.9. The number of nitrogens with zero attached hydrogens (tertiary/aromatic N) is 2. The van der Waals surface area contributed by atoms with Crippen LogP contribution in [0.4, 0.5) is 22.7 Å². The number of hydrogen-bond acceptors (Lipinski definition) is 7. The molecule has 0 unspecified atom stereocenters. The van der Waals surface area contributed by atoms with Gasteiger partial charge in [0.25, 0.3) is 11.4 Å². The largest absolute Gasteiger partial charge is 0.350 e. The van der Waals surface area contributed by atoms with Crippen LogP contribution in [0.15, 0.2) is 42.5 Å². The molecule has 0 aliphatic carbocycles. The molecule has 0 aliphatic rings. The molecule has 3 N–H and O–H groups in total. The molecule has 2 rings (SSSR count). The molecule has 0 bridgehead atoms. The Hall–Kier alpha value is -3.33. The number of ketones is 1. The normalized spacial score (nSPS) is 10.1. The van der Waals surface area contributed by atoms with E-state index in [4.69, 9.17) is 5.73 Å². The van der Waals surface area contributed by atoms with Crippen LogP contribution < -0.4 is 11.1 Å². The number of benzene rings is 2. The van der Waals surface area contributed by atoms with Crippen molar-refractivity contribution in [2.24, 2.45) is 5.73 Å². The number of rotatable bonds is 6. The van der Waals surface area contributed by atoms with Crippen LogP contribution in [0, 0.1) is 20.2 Å². The van der Waals surface area contributed by atoms with E-state index in [1.54, 1.807) is 18.2 Å². The third-order valence-electron chi connectivity index (χ3n) is 3.04. The zero-order chi connectivity index (χ0) is 17.0. The van der Waals surface area contributed by atoms with Crippen LogP contribution in [0.3, 0.4) is 0 Å². The van der Waals surface area contributed by atoms with Crippen LogP contribution in [-0.4, -0.2) is 22.2 Å². The van der Waals surface area contributed by atoms with Gasteiger partial charge in [-0.25, -0.2) is 0 Å². The summed E-state index contributed by atoms with van der Waals surface area (Å²) in [6.07, 6.45) is 0. The van der Waals surface area contributed by atoms with Crippen molar-refractivity contribution in [3.05, 3.63) is 68.3 Å². The summed E-state index contributed by atoms with van der Waals surface area (Å²) in [6, 6.07) is 9.56. The van der Waals surface area contributed by atoms with Crippen molar-refractivity contribution < 1.29 is 14.6 Å². The summed E-state index contributed by atoms with van der Waals surface area (Å²) in [4.78, 5) is 31.9. The van der Waals surface area contributed by atoms with Crippen molar-refractivity contribution in [3.63, 3.8) is 0 Å². The number of nitrogens with one attached hydrogen (secondary N) is 1. The van der Waals surface area contributed by atoms with Gasteiger partial charge in [-0.15, -0.1) is 0 Å². The number of carbonyl (C=O) groups is 1. The molecule has 0 radical (unpaired) electrons. The molecule has 0 saturated heterocycles. The fourth-order valence-corrected chi connectivity index (χ4v) is 1.93. The molecule has 118 valence electrons. The number of anilines is 2. The van der Waals surface area contributed by atoms with Crippen molar-refractivity contribution in [1.29, 1.82) is 0 Å². The van der Waals surface area contributed by atoms with Crippen molar-refractivity contribution in [1.82, 2.24) is 0 Å². The molecule has 0 amide bonds. The van der Waals surface area contributed by atoms with Crippen molar-refractivity contribution >= 4 is 28.5 Å². The molecule has 9 heteroatoms. The van der Waals surface area contributed by atoms with E-state index >= 15 is 0 Å². The minimum Gasteiger partial charge on any atom is -0.350 e. The van der Waals surface area contributed by atoms with Gasteiger partial charge in [-0.3, -0.25) is 25.0 Å². The Morgan fingerprint density at radius 2 is 1.83 bits per heavy atom. The van der Waals surface area contributed by atoms with Crippen molar-refractivity contribution in [3.8, 4) is 0 Å². The van der Waals surface area contributed by atoms with E-state index < -0.39 is 15.5 Å². The predicted molar refractivity (Wildman–Crippen MR) is 82.9 cm³/mol. The molecule has 2 aromatic carbocycles. The molecular weight excluding hydrogens is 304 g/mol. The smallest absolute Gasteiger partial charge is 0.299 e. The fraction of sp³-hybridized carbons (Fsp3) is 0.0714. The lowest BCUT2D eigenvalue weighted by Crippen LogP contribution is -2.13. The van der Waals surface area contributed by atoms with Crippen LogP contribution in [0.5, 0.6) is 0 Å². The Labute approximate surface area is 130 Å². The minimum atomic E-state index is -0.718. The van der Waals surface area contributed by atoms with Gasteiger partial charge in [-0.1, -0.05) is 12.1 Å². The molecule has 0 fully saturated rings. The second-order valence-electron chi connectivity index (χ2n) is 4.55. The topological polar surface area (TPSA) is 141 Å². The second-order valence-corrected chi connectivity index (χ2v) is 4.55. The van der Waals surface area contributed by atoms with E-state index in [-0.39, 0.29) is 23.7 Å². The average Bonchev–Trinajstić information content (AvgIpc) is 2.54. The maximum absolute atomic E-state index is 11.6. The molecular formula is C14H12N4O5. The molecule has 9 nitrogen and oxygen atoms in total. The van der Waals surface area contributed by atoms with Crippen LogP contribution >= 0.6 is 0 Å². The molecule has 0 heterocycles. The second kappa shape index (κ2) is 6.62. The van der Waals surface area contributed by atoms with Gasteiger partial charge in [-0.2, -0.15) is 0 Å². The maximum Gasteiger partial charge on any atom is 0.299 e. The Kier molecular flexibility index (Phi) is 4.62. The molecule has 0 saturated carbocycles. The van der Waals surface area contributed by atoms with Crippen LogP contribution in [0.1, 0.15) is 10.4 Å². The summed E-state index contributed by atoms with van der Waals surface area (Å²) in [5.74, 6) is -0.271. The van der Waals surface area contributed by atoms with Crippen molar-refractivity contribution in [2.75, 3.05) is 11.9 Å². The van der Waals surface area contributed by atoms with Gasteiger partial charge in [0, 0.05) is 17.3 Å². The van der Waals surface area contributed by atoms with Crippen LogP contribution in [0.25, 0.3) is 0 Å². The first-order valence-corrected chi connectivity index (χ1v) is 6.45. The first-order valence-electron chi connectivity index (χ1n) is 6.45. The van der Waals surface area contributed by atoms with Gasteiger partial charge in [0.1, 0.15) is 5.69 Å². The highest BCUT2D eigenvalue weighted by Crippen LogP contribution is 2.31. The highest BCUT2D eigenvalue weighted by atomic mass is 16.6. The summed E-state index contributed by atoms with van der Waals surface area (Å²) < 4.78 is 0. The molecule has 0 atom stereocenters. The van der Waals surface area contributed by atoms with E-state index in [9.17, 15) is 25.0 Å². The lowest BCUT2D eigenvalue weighted by atomic mass is 10.1. The monoisotopic (exact) mass is 316 g/mol. The minimum absolute atomic E-state index is 0.0814. The zero-order valence-corrected chi connectivity index (χ0v) is 11.8. The number of nitrogens with two attached hydrogens (primary N) is 1. The van der Waals surface area contributed by atoms with Gasteiger partial charge >= 0.3 is 0 Å². The van der Waals surface area contributed by atoms with Gasteiger partial charge in [0.2, 0.25) is 0 Å². The molecule has 0 aromatic heterocycles. The van der Waals surface area contributed by atoms with Crippen LogP contribution in [0.2, 0.25) is 0 Å². The number of nitro groups is 2. The SMILES string of the molecule is NCC(=O)c1cccc(Nc2ccc([N+](=O)[O-])cc2[N+](=O)[O-])c1. The Balaban J connectivity index is 2.38. The summed E-state index contributed by atoms with van der Waals surface area (Å²) in [5, 5.41) is 24.6. The zero-order valence-electron chi connectivity index (χ0n) is 11.8. The van der Waals surface area contributed by atoms with E-state index in [2.05, 4.69) is 5.32 Å². The summed E-state index contributed by atoms with van der Waals surface area (Å²) in [6.45, 7) is -0.152. The molecule has 0 spiro atoms. The Bertz CT molecular complexity index is 790. The van der Waals surface area contributed by atoms with Gasteiger partial charge in [0.15, 0.2) is 5.78 Å². The van der Waals surface area contributed by atoms with Crippen LogP contribution in [-0.2, 0) is 0 Å². The Morgan fingerprint density at radius 1 is 1.09 bits per heavy atom. The van der Waals surface area contributed by atoms with Gasteiger partial charge in [0.05, 0.1) is 22.5 Å². The summed E-state index contributed by atoms with van der Waals surface area (Å²) in [7, 11) is 0. The highest BCUT2D eigenvalue weighted by molar-refractivity contribution is 5.98. The number of nitro benzene ring substituents is 2. The lowest BCUT2D eigenvalue weighted by Gasteiger charge is -2.08. The highest BCUT2D eigenvalue weighted by Gasteiger charge is 2.19. The first kappa shape index (κ1) is 16.0. The molecule has 0 aliphatic heterocycles. The average molecular weight is 316 g/mol. The van der Waals surface area contributed by atoms with E-state index in [0.29, 0.717) is 11.3 Å². The number of carbonyl (C=O) groups excluding carboxylic acids is 1. The molecule has 2 aromatic rings. The van der Waals surface area contributed by atoms with Crippen molar-refractivity contribution in [2.45, 2.75) is 0 Å². The third-order valence-corrected chi connectivity index (χ3v) is 3.04. The van der Waals surface area contributed by atoms with E-state index in [0.717, 1.165) is 12.1 Å². The fourth-order valence-electron chi connectivity index (χ4n) is 1.93. The van der Waals surface area contributed by atoms with Gasteiger partial charge < -0.3 is 11.1 Å².